The summed E-state index contributed by atoms with van der Waals surface area (Å²) in [6.07, 6.45) is 3.38. The average molecular weight is 373 g/mol. The number of benzene rings is 2. The molecule has 142 valence electrons. The molecule has 0 aliphatic heterocycles. The predicted octanol–water partition coefficient (Wildman–Crippen LogP) is 3.67. The van der Waals surface area contributed by atoms with E-state index in [4.69, 9.17) is 0 Å². The maximum absolute atomic E-state index is 12.8. The lowest BCUT2D eigenvalue weighted by atomic mass is 10.1. The van der Waals surface area contributed by atoms with E-state index in [0.717, 1.165) is 11.1 Å². The lowest BCUT2D eigenvalue weighted by Crippen LogP contribution is -2.30. The summed E-state index contributed by atoms with van der Waals surface area (Å²) >= 11 is 0. The van der Waals surface area contributed by atoms with Crippen molar-refractivity contribution in [2.24, 2.45) is 0 Å². The predicted molar refractivity (Wildman–Crippen MR) is 109 cm³/mol. The van der Waals surface area contributed by atoms with Gasteiger partial charge in [0.05, 0.1) is 0 Å². The number of aromatic nitrogens is 1. The molecule has 1 heterocycles. The van der Waals surface area contributed by atoms with Gasteiger partial charge in [-0.15, -0.1) is 0 Å². The molecule has 2 aromatic carbocycles. The highest BCUT2D eigenvalue weighted by Crippen LogP contribution is 2.12. The van der Waals surface area contributed by atoms with Crippen LogP contribution in [0.25, 0.3) is 0 Å². The molecule has 5 heteroatoms. The monoisotopic (exact) mass is 373 g/mol. The molecule has 3 rings (SSSR count). The van der Waals surface area contributed by atoms with Crippen molar-refractivity contribution in [1.29, 1.82) is 0 Å². The first kappa shape index (κ1) is 19.3. The summed E-state index contributed by atoms with van der Waals surface area (Å²) in [5.74, 6) is -0.220. The van der Waals surface area contributed by atoms with Crippen molar-refractivity contribution in [1.82, 2.24) is 15.2 Å². The number of carbonyl (C=O) groups excluding carboxylic acids is 2. The maximum Gasteiger partial charge on any atom is 0.254 e. The summed E-state index contributed by atoms with van der Waals surface area (Å²) in [5.41, 5.74) is 3.17. The van der Waals surface area contributed by atoms with Crippen LogP contribution in [0.2, 0.25) is 0 Å². The number of hydrogen-bond acceptors (Lipinski definition) is 3. The summed E-state index contributed by atoms with van der Waals surface area (Å²) in [7, 11) is 0. The Morgan fingerprint density at radius 2 is 1.50 bits per heavy atom. The average Bonchev–Trinajstić information content (AvgIpc) is 2.77. The summed E-state index contributed by atoms with van der Waals surface area (Å²) in [6, 6.07) is 20.4. The topological polar surface area (TPSA) is 62.3 Å². The van der Waals surface area contributed by atoms with Crippen LogP contribution in [-0.4, -0.2) is 28.2 Å². The van der Waals surface area contributed by atoms with Gasteiger partial charge in [0.25, 0.3) is 11.8 Å². The van der Waals surface area contributed by atoms with Gasteiger partial charge in [-0.1, -0.05) is 30.3 Å². The molecule has 0 aliphatic rings. The molecule has 0 fully saturated rings. The first-order valence-electron chi connectivity index (χ1n) is 9.27. The van der Waals surface area contributed by atoms with E-state index in [1.807, 2.05) is 49.4 Å². The first-order chi connectivity index (χ1) is 13.7. The third-order valence-corrected chi connectivity index (χ3v) is 4.48. The smallest absolute Gasteiger partial charge is 0.254 e. The van der Waals surface area contributed by atoms with Crippen LogP contribution in [0.3, 0.4) is 0 Å². The zero-order valence-corrected chi connectivity index (χ0v) is 15.8. The van der Waals surface area contributed by atoms with Gasteiger partial charge in [0, 0.05) is 43.2 Å². The van der Waals surface area contributed by atoms with E-state index in [-0.39, 0.29) is 11.8 Å². The summed E-state index contributed by atoms with van der Waals surface area (Å²) in [6.45, 7) is 3.57. The number of carbonyl (C=O) groups is 2. The van der Waals surface area contributed by atoms with Crippen LogP contribution in [0.15, 0.2) is 79.1 Å². The molecule has 0 unspecified atom stereocenters. The fourth-order valence-corrected chi connectivity index (χ4v) is 2.86. The molecule has 0 saturated heterocycles. The fourth-order valence-electron chi connectivity index (χ4n) is 2.86. The third-order valence-electron chi connectivity index (χ3n) is 4.48. The number of nitrogens with zero attached hydrogens (tertiary/aromatic N) is 2. The largest absolute Gasteiger partial charge is 0.348 e. The van der Waals surface area contributed by atoms with E-state index >= 15 is 0 Å². The van der Waals surface area contributed by atoms with Gasteiger partial charge in [0.1, 0.15) is 0 Å². The molecular formula is C23H23N3O2. The van der Waals surface area contributed by atoms with Gasteiger partial charge in [-0.25, -0.2) is 0 Å². The van der Waals surface area contributed by atoms with Gasteiger partial charge in [-0.05, 0) is 54.4 Å². The zero-order valence-electron chi connectivity index (χ0n) is 15.8. The van der Waals surface area contributed by atoms with Gasteiger partial charge in [-0.3, -0.25) is 14.6 Å². The Balaban J connectivity index is 1.62. The molecule has 0 spiro atoms. The molecular weight excluding hydrogens is 350 g/mol. The van der Waals surface area contributed by atoms with Crippen molar-refractivity contribution in [3.63, 3.8) is 0 Å². The number of pyridine rings is 1. The fraction of sp³-hybridized carbons (Fsp3) is 0.174. The Labute approximate surface area is 165 Å². The molecule has 1 N–H and O–H groups in total. The Morgan fingerprint density at radius 1 is 0.857 bits per heavy atom. The summed E-state index contributed by atoms with van der Waals surface area (Å²) in [5, 5.41) is 2.87. The minimum absolute atomic E-state index is 0.0462. The van der Waals surface area contributed by atoms with Crippen LogP contribution in [0.1, 0.15) is 38.8 Å². The minimum Gasteiger partial charge on any atom is -0.348 e. The number of rotatable bonds is 7. The molecule has 0 radical (unpaired) electrons. The molecule has 1 aromatic heterocycles. The van der Waals surface area contributed by atoms with Crippen molar-refractivity contribution >= 4 is 11.8 Å². The Hall–Kier alpha value is -3.47. The van der Waals surface area contributed by atoms with Crippen LogP contribution in [0, 0.1) is 0 Å². The van der Waals surface area contributed by atoms with Crippen molar-refractivity contribution in [2.45, 2.75) is 20.0 Å². The van der Waals surface area contributed by atoms with Gasteiger partial charge in [0.15, 0.2) is 0 Å². The highest BCUT2D eigenvalue weighted by atomic mass is 16.2. The quantitative estimate of drug-likeness (QED) is 0.687. The lowest BCUT2D eigenvalue weighted by Gasteiger charge is -2.21. The van der Waals surface area contributed by atoms with Crippen LogP contribution in [-0.2, 0) is 13.1 Å². The SMILES string of the molecule is CCN(Cc1ccccc1)C(=O)c1ccc(C(=O)NCc2ccncc2)cc1. The van der Waals surface area contributed by atoms with Crippen LogP contribution >= 0.6 is 0 Å². The van der Waals surface area contributed by atoms with Gasteiger partial charge < -0.3 is 10.2 Å². The van der Waals surface area contributed by atoms with E-state index in [0.29, 0.717) is 30.8 Å². The normalized spacial score (nSPS) is 10.3. The Bertz CT molecular complexity index is 910. The highest BCUT2D eigenvalue weighted by Gasteiger charge is 2.15. The standard InChI is InChI=1S/C23H23N3O2/c1-2-26(17-19-6-4-3-5-7-19)23(28)21-10-8-20(9-11-21)22(27)25-16-18-12-14-24-15-13-18/h3-15H,2,16-17H2,1H3,(H,25,27). The van der Waals surface area contributed by atoms with Gasteiger partial charge >= 0.3 is 0 Å². The molecule has 28 heavy (non-hydrogen) atoms. The molecule has 5 nitrogen and oxygen atoms in total. The van der Waals surface area contributed by atoms with Crippen molar-refractivity contribution in [3.05, 3.63) is 101 Å². The van der Waals surface area contributed by atoms with Gasteiger partial charge in [0.2, 0.25) is 0 Å². The van der Waals surface area contributed by atoms with Crippen molar-refractivity contribution in [3.8, 4) is 0 Å². The second kappa shape index (κ2) is 9.46. The minimum atomic E-state index is -0.174. The second-order valence-electron chi connectivity index (χ2n) is 6.42. The molecule has 2 amide bonds. The Kier molecular flexibility index (Phi) is 6.52. The molecule has 0 atom stereocenters. The lowest BCUT2D eigenvalue weighted by molar-refractivity contribution is 0.0752. The number of nitrogens with one attached hydrogen (secondary N) is 1. The van der Waals surface area contributed by atoms with Gasteiger partial charge in [-0.2, -0.15) is 0 Å². The second-order valence-corrected chi connectivity index (χ2v) is 6.42. The van der Waals surface area contributed by atoms with Crippen LogP contribution < -0.4 is 5.32 Å². The van der Waals surface area contributed by atoms with Crippen molar-refractivity contribution < 1.29 is 9.59 Å². The summed E-state index contributed by atoms with van der Waals surface area (Å²) < 4.78 is 0. The van der Waals surface area contributed by atoms with Crippen LogP contribution in [0.4, 0.5) is 0 Å². The van der Waals surface area contributed by atoms with E-state index in [2.05, 4.69) is 10.3 Å². The number of hydrogen-bond donors (Lipinski definition) is 1. The molecule has 0 bridgehead atoms. The Morgan fingerprint density at radius 3 is 2.14 bits per heavy atom. The molecule has 0 aliphatic carbocycles. The van der Waals surface area contributed by atoms with Crippen molar-refractivity contribution in [2.75, 3.05) is 6.54 Å². The van der Waals surface area contributed by atoms with E-state index in [1.165, 1.54) is 0 Å². The maximum atomic E-state index is 12.8. The highest BCUT2D eigenvalue weighted by molar-refractivity contribution is 5.97. The van der Waals surface area contributed by atoms with E-state index in [9.17, 15) is 9.59 Å². The van der Waals surface area contributed by atoms with Crippen LogP contribution in [0.5, 0.6) is 0 Å². The molecule has 0 saturated carbocycles. The molecule has 3 aromatic rings. The van der Waals surface area contributed by atoms with E-state index in [1.54, 1.807) is 41.6 Å². The summed E-state index contributed by atoms with van der Waals surface area (Å²) in [4.78, 5) is 30.8. The third kappa shape index (κ3) is 5.04. The van der Waals surface area contributed by atoms with E-state index < -0.39 is 0 Å². The zero-order chi connectivity index (χ0) is 19.8. The first-order valence-corrected chi connectivity index (χ1v) is 9.27. The number of amides is 2.